The van der Waals surface area contributed by atoms with E-state index in [1.165, 1.54) is 6.07 Å². The third-order valence-corrected chi connectivity index (χ3v) is 3.56. The van der Waals surface area contributed by atoms with E-state index in [0.717, 1.165) is 11.0 Å². The molecule has 1 N–H and O–H groups in total. The van der Waals surface area contributed by atoms with Crippen molar-refractivity contribution in [3.63, 3.8) is 0 Å². The lowest BCUT2D eigenvalue weighted by Gasteiger charge is -2.34. The molecule has 1 saturated heterocycles. The van der Waals surface area contributed by atoms with Crippen LogP contribution in [0.5, 0.6) is 0 Å². The summed E-state index contributed by atoms with van der Waals surface area (Å²) in [5.74, 6) is -3.38. The molecule has 21 heavy (non-hydrogen) atoms. The van der Waals surface area contributed by atoms with Crippen molar-refractivity contribution in [2.75, 3.05) is 0 Å². The van der Waals surface area contributed by atoms with Gasteiger partial charge in [0.2, 0.25) is 17.7 Å². The number of amides is 4. The molecular formula is C14H11FN2O4. The van der Waals surface area contributed by atoms with Gasteiger partial charge in [0.25, 0.3) is 5.91 Å². The van der Waals surface area contributed by atoms with Crippen LogP contribution in [0.1, 0.15) is 30.1 Å². The van der Waals surface area contributed by atoms with Crippen LogP contribution in [0.25, 0.3) is 0 Å². The Bertz CT molecular complexity index is 734. The molecule has 1 atom stereocenters. The summed E-state index contributed by atoms with van der Waals surface area (Å²) in [6.45, 7) is 0. The molecule has 108 valence electrons. The van der Waals surface area contributed by atoms with E-state index in [9.17, 15) is 23.6 Å². The van der Waals surface area contributed by atoms with Crippen LogP contribution in [-0.4, -0.2) is 34.6 Å². The topological polar surface area (TPSA) is 83.6 Å². The zero-order valence-corrected chi connectivity index (χ0v) is 10.8. The highest BCUT2D eigenvalue weighted by atomic mass is 19.1. The molecule has 7 heteroatoms. The van der Waals surface area contributed by atoms with Crippen LogP contribution in [0.15, 0.2) is 18.2 Å². The van der Waals surface area contributed by atoms with Gasteiger partial charge in [0.05, 0.1) is 7.79 Å². The number of carbonyl (C=O) groups is 4. The van der Waals surface area contributed by atoms with E-state index in [-0.39, 0.29) is 30.4 Å². The van der Waals surface area contributed by atoms with Crippen LogP contribution in [0.3, 0.4) is 0 Å². The average molecular weight is 291 g/mol. The molecule has 2 heterocycles. The Morgan fingerprint density at radius 3 is 2.76 bits per heavy atom. The summed E-state index contributed by atoms with van der Waals surface area (Å²) in [5.41, 5.74) is 0.0641. The van der Waals surface area contributed by atoms with Crippen LogP contribution in [0.2, 0.25) is 0 Å². The number of hydrogen-bond donors (Lipinski definition) is 1. The predicted octanol–water partition coefficient (Wildman–Crippen LogP) is 0.156. The SMILES string of the molecule is [2H]c1c(F)ccc2c1CC(=O)N(C1CCC(=O)NC1=O)C2=O. The maximum absolute atomic E-state index is 13.4. The first-order chi connectivity index (χ1) is 10.4. The highest BCUT2D eigenvalue weighted by molar-refractivity contribution is 6.13. The highest BCUT2D eigenvalue weighted by Gasteiger charge is 2.41. The van der Waals surface area contributed by atoms with Crippen LogP contribution in [-0.2, 0) is 20.8 Å². The predicted molar refractivity (Wildman–Crippen MR) is 67.5 cm³/mol. The molecular weight excluding hydrogens is 279 g/mol. The molecule has 0 aromatic heterocycles. The van der Waals surface area contributed by atoms with E-state index in [1.807, 2.05) is 0 Å². The Morgan fingerprint density at radius 1 is 1.29 bits per heavy atom. The summed E-state index contributed by atoms with van der Waals surface area (Å²) in [5, 5.41) is 2.09. The fourth-order valence-corrected chi connectivity index (χ4v) is 2.57. The van der Waals surface area contributed by atoms with Crippen molar-refractivity contribution in [3.8, 4) is 0 Å². The number of benzene rings is 1. The summed E-state index contributed by atoms with van der Waals surface area (Å²) in [6.07, 6.45) is -0.227. The number of carbonyl (C=O) groups excluding carboxylic acids is 4. The molecule has 0 saturated carbocycles. The summed E-state index contributed by atoms with van der Waals surface area (Å²) < 4.78 is 21.0. The summed E-state index contributed by atoms with van der Waals surface area (Å²) >= 11 is 0. The lowest BCUT2D eigenvalue weighted by molar-refractivity contribution is -0.143. The van der Waals surface area contributed by atoms with Gasteiger partial charge in [-0.1, -0.05) is 0 Å². The number of nitrogens with one attached hydrogen (secondary N) is 1. The van der Waals surface area contributed by atoms with Crippen LogP contribution >= 0.6 is 0 Å². The molecule has 2 aliphatic heterocycles. The largest absolute Gasteiger partial charge is 0.295 e. The van der Waals surface area contributed by atoms with Gasteiger partial charge in [-0.15, -0.1) is 0 Å². The van der Waals surface area contributed by atoms with E-state index >= 15 is 0 Å². The molecule has 6 nitrogen and oxygen atoms in total. The van der Waals surface area contributed by atoms with Crippen molar-refractivity contribution in [3.05, 3.63) is 35.1 Å². The van der Waals surface area contributed by atoms with E-state index in [4.69, 9.17) is 1.37 Å². The normalized spacial score (nSPS) is 22.8. The zero-order valence-electron chi connectivity index (χ0n) is 11.8. The van der Waals surface area contributed by atoms with Gasteiger partial charge in [-0.2, -0.15) is 0 Å². The van der Waals surface area contributed by atoms with Gasteiger partial charge in [0.1, 0.15) is 11.9 Å². The standard InChI is InChI=1S/C14H11FN2O4/c15-8-1-2-9-7(5-8)6-12(19)17(14(9)21)10-3-4-11(18)16-13(10)20/h1-2,5,10H,3-4,6H2,(H,16,18,20)/i5D. The Balaban J connectivity index is 2.00. The molecule has 0 aliphatic carbocycles. The second-order valence-corrected chi connectivity index (χ2v) is 4.91. The van der Waals surface area contributed by atoms with Crippen molar-refractivity contribution >= 4 is 23.6 Å². The third kappa shape index (κ3) is 2.20. The molecule has 0 spiro atoms. The number of fused-ring (bicyclic) bond motifs is 1. The fourth-order valence-electron chi connectivity index (χ4n) is 2.57. The lowest BCUT2D eigenvalue weighted by atomic mass is 9.94. The van der Waals surface area contributed by atoms with Gasteiger partial charge in [-0.3, -0.25) is 29.4 Å². The van der Waals surface area contributed by atoms with Gasteiger partial charge < -0.3 is 0 Å². The molecule has 1 fully saturated rings. The second kappa shape index (κ2) is 4.76. The van der Waals surface area contributed by atoms with E-state index in [0.29, 0.717) is 0 Å². The Labute approximate surface area is 120 Å². The van der Waals surface area contributed by atoms with Crippen molar-refractivity contribution in [1.29, 1.82) is 0 Å². The van der Waals surface area contributed by atoms with Crippen LogP contribution < -0.4 is 5.32 Å². The van der Waals surface area contributed by atoms with Gasteiger partial charge in [0, 0.05) is 12.0 Å². The Morgan fingerprint density at radius 2 is 2.05 bits per heavy atom. The maximum Gasteiger partial charge on any atom is 0.261 e. The minimum atomic E-state index is -1.05. The van der Waals surface area contributed by atoms with Gasteiger partial charge >= 0.3 is 0 Å². The first kappa shape index (κ1) is 12.2. The van der Waals surface area contributed by atoms with Crippen molar-refractivity contribution in [1.82, 2.24) is 10.2 Å². The number of nitrogens with zero attached hydrogens (tertiary/aromatic N) is 1. The molecule has 1 aromatic rings. The second-order valence-electron chi connectivity index (χ2n) is 4.91. The first-order valence-corrected chi connectivity index (χ1v) is 6.38. The quantitative estimate of drug-likeness (QED) is 0.747. The van der Waals surface area contributed by atoms with Gasteiger partial charge in [-0.25, -0.2) is 4.39 Å². The molecule has 2 aliphatic rings. The third-order valence-electron chi connectivity index (χ3n) is 3.56. The van der Waals surface area contributed by atoms with Crippen molar-refractivity contribution in [2.24, 2.45) is 0 Å². The lowest BCUT2D eigenvalue weighted by Crippen LogP contribution is -2.57. The minimum Gasteiger partial charge on any atom is -0.295 e. The van der Waals surface area contributed by atoms with E-state index in [1.54, 1.807) is 0 Å². The molecule has 4 amide bonds. The smallest absolute Gasteiger partial charge is 0.261 e. The highest BCUT2D eigenvalue weighted by Crippen LogP contribution is 2.25. The summed E-state index contributed by atoms with van der Waals surface area (Å²) in [6, 6.07) is 0.653. The molecule has 1 aromatic carbocycles. The minimum absolute atomic E-state index is 0.0264. The van der Waals surface area contributed by atoms with Crippen LogP contribution in [0, 0.1) is 5.82 Å². The average Bonchev–Trinajstić information content (AvgIpc) is 2.45. The Hall–Kier alpha value is -2.57. The maximum atomic E-state index is 13.4. The zero-order chi connectivity index (χ0) is 16.0. The molecule has 0 bridgehead atoms. The number of imide groups is 2. The Kier molecular flexibility index (Phi) is 2.77. The summed E-state index contributed by atoms with van der Waals surface area (Å²) in [7, 11) is 0. The molecule has 1 unspecified atom stereocenters. The monoisotopic (exact) mass is 291 g/mol. The number of halogens is 1. The van der Waals surface area contributed by atoms with Gasteiger partial charge in [0.15, 0.2) is 0 Å². The first-order valence-electron chi connectivity index (χ1n) is 6.88. The van der Waals surface area contributed by atoms with Gasteiger partial charge in [-0.05, 0) is 30.2 Å². The molecule has 0 radical (unpaired) electrons. The van der Waals surface area contributed by atoms with Crippen LogP contribution in [0.4, 0.5) is 4.39 Å². The molecule has 3 rings (SSSR count). The van der Waals surface area contributed by atoms with E-state index in [2.05, 4.69) is 5.32 Å². The fraction of sp³-hybridized carbons (Fsp3) is 0.286. The van der Waals surface area contributed by atoms with E-state index < -0.39 is 41.5 Å². The number of rotatable bonds is 1. The number of hydrogen-bond acceptors (Lipinski definition) is 4. The van der Waals surface area contributed by atoms with Crippen molar-refractivity contribution < 1.29 is 24.9 Å². The summed E-state index contributed by atoms with van der Waals surface area (Å²) in [4.78, 5) is 48.5. The number of piperidine rings is 1. The van der Waals surface area contributed by atoms with Crippen molar-refractivity contribution in [2.45, 2.75) is 25.3 Å².